The average Bonchev–Trinajstić information content (AvgIpc) is 2.91. The summed E-state index contributed by atoms with van der Waals surface area (Å²) in [6.07, 6.45) is 4.76. The highest BCUT2D eigenvalue weighted by molar-refractivity contribution is 7.89. The largest absolute Gasteiger partial charge is 0.284 e. The fourth-order valence-electron chi connectivity index (χ4n) is 2.13. The van der Waals surface area contributed by atoms with E-state index in [0.29, 0.717) is 5.88 Å². The summed E-state index contributed by atoms with van der Waals surface area (Å²) in [6.45, 7) is 0. The van der Waals surface area contributed by atoms with Crippen molar-refractivity contribution in [2.45, 2.75) is 43.1 Å². The Morgan fingerprint density at radius 3 is 2.42 bits per heavy atom. The monoisotopic (exact) mass is 303 g/mol. The van der Waals surface area contributed by atoms with Crippen molar-refractivity contribution in [2.24, 2.45) is 0 Å². The normalized spacial score (nSPS) is 16.9. The van der Waals surface area contributed by atoms with E-state index >= 15 is 0 Å². The molecule has 0 heterocycles. The Balaban J connectivity index is 1.97. The summed E-state index contributed by atoms with van der Waals surface area (Å²) in [5, 5.41) is 0. The highest BCUT2D eigenvalue weighted by Gasteiger charge is 2.20. The summed E-state index contributed by atoms with van der Waals surface area (Å²) >= 11 is 5.64. The fraction of sp³-hybridized carbons (Fsp3) is 0.538. The van der Waals surface area contributed by atoms with Gasteiger partial charge in [-0.3, -0.25) is 4.84 Å². The first kappa shape index (κ1) is 14.8. The molecule has 0 saturated heterocycles. The molecular weight excluding hydrogens is 286 g/mol. The number of halogens is 1. The van der Waals surface area contributed by atoms with Gasteiger partial charge in [0.15, 0.2) is 0 Å². The van der Waals surface area contributed by atoms with E-state index in [4.69, 9.17) is 16.4 Å². The van der Waals surface area contributed by atoms with Crippen molar-refractivity contribution in [3.63, 3.8) is 0 Å². The van der Waals surface area contributed by atoms with Crippen LogP contribution in [0.1, 0.15) is 31.2 Å². The van der Waals surface area contributed by atoms with Crippen LogP contribution in [0.4, 0.5) is 0 Å². The Morgan fingerprint density at radius 2 is 1.84 bits per heavy atom. The molecule has 0 amide bonds. The van der Waals surface area contributed by atoms with Gasteiger partial charge in [-0.2, -0.15) is 0 Å². The summed E-state index contributed by atoms with van der Waals surface area (Å²) in [4.78, 5) is 7.67. The Kier molecular flexibility index (Phi) is 5.21. The van der Waals surface area contributed by atoms with E-state index in [2.05, 4.69) is 4.89 Å². The summed E-state index contributed by atoms with van der Waals surface area (Å²) in [6, 6.07) is 6.68. The van der Waals surface area contributed by atoms with Gasteiger partial charge in [0, 0.05) is 5.88 Å². The van der Waals surface area contributed by atoms with Crippen molar-refractivity contribution in [1.82, 2.24) is 4.89 Å². The number of nitrogens with one attached hydrogen (secondary N) is 1. The number of hydrogen-bond donors (Lipinski definition) is 1. The average molecular weight is 304 g/mol. The van der Waals surface area contributed by atoms with Crippen LogP contribution in [-0.2, 0) is 21.3 Å². The Hall–Kier alpha value is -0.620. The quantitative estimate of drug-likeness (QED) is 0.649. The third-order valence-electron chi connectivity index (χ3n) is 3.24. The lowest BCUT2D eigenvalue weighted by Crippen LogP contribution is -2.28. The third kappa shape index (κ3) is 4.18. The van der Waals surface area contributed by atoms with Gasteiger partial charge in [-0.25, -0.2) is 8.42 Å². The second-order valence-electron chi connectivity index (χ2n) is 4.69. The first-order chi connectivity index (χ1) is 9.12. The molecule has 1 aromatic carbocycles. The molecular formula is C13H18ClNO3S. The molecule has 0 aliphatic heterocycles. The van der Waals surface area contributed by atoms with Crippen LogP contribution >= 0.6 is 11.6 Å². The number of alkyl halides is 1. The van der Waals surface area contributed by atoms with Crippen LogP contribution in [0.25, 0.3) is 0 Å². The molecule has 19 heavy (non-hydrogen) atoms. The van der Waals surface area contributed by atoms with Gasteiger partial charge in [0.1, 0.15) is 0 Å². The van der Waals surface area contributed by atoms with E-state index in [9.17, 15) is 8.42 Å². The minimum absolute atomic E-state index is 0.00490. The molecule has 2 rings (SSSR count). The molecule has 1 N–H and O–H groups in total. The molecule has 0 radical (unpaired) electrons. The molecule has 106 valence electrons. The molecule has 1 aliphatic rings. The molecule has 0 unspecified atom stereocenters. The molecule has 4 nitrogen and oxygen atoms in total. The minimum atomic E-state index is -3.58. The van der Waals surface area contributed by atoms with Gasteiger partial charge < -0.3 is 0 Å². The first-order valence-electron chi connectivity index (χ1n) is 6.44. The number of benzene rings is 1. The molecule has 1 fully saturated rings. The van der Waals surface area contributed by atoms with E-state index in [1.807, 2.05) is 0 Å². The number of sulfonamides is 1. The van der Waals surface area contributed by atoms with Crippen LogP contribution in [0.15, 0.2) is 29.2 Å². The Morgan fingerprint density at radius 1 is 1.21 bits per heavy atom. The van der Waals surface area contributed by atoms with Gasteiger partial charge in [0.2, 0.25) is 0 Å². The molecule has 6 heteroatoms. The van der Waals surface area contributed by atoms with Gasteiger partial charge in [-0.05, 0) is 37.0 Å². The zero-order valence-electron chi connectivity index (χ0n) is 10.6. The molecule has 0 atom stereocenters. The summed E-state index contributed by atoms with van der Waals surface area (Å²) in [5.41, 5.74) is 1.02. The number of hydrogen-bond acceptors (Lipinski definition) is 3. The molecule has 1 aliphatic carbocycles. The van der Waals surface area contributed by atoms with Crippen LogP contribution in [0.5, 0.6) is 0 Å². The van der Waals surface area contributed by atoms with Crippen LogP contribution in [0.2, 0.25) is 0 Å². The lowest BCUT2D eigenvalue weighted by Gasteiger charge is -2.12. The SMILES string of the molecule is O=S(=O)(NOC1CCCC1)c1ccc(CCCl)cc1. The summed E-state index contributed by atoms with van der Waals surface area (Å²) in [7, 11) is -3.58. The van der Waals surface area contributed by atoms with E-state index in [-0.39, 0.29) is 11.0 Å². The van der Waals surface area contributed by atoms with Crippen molar-refractivity contribution in [1.29, 1.82) is 0 Å². The lowest BCUT2D eigenvalue weighted by molar-refractivity contribution is 0.0223. The van der Waals surface area contributed by atoms with Crippen LogP contribution in [0.3, 0.4) is 0 Å². The summed E-state index contributed by atoms with van der Waals surface area (Å²) < 4.78 is 24.0. The number of rotatable bonds is 6. The molecule has 0 bridgehead atoms. The molecule has 1 aromatic rings. The molecule has 0 aromatic heterocycles. The van der Waals surface area contributed by atoms with Gasteiger partial charge in [-0.1, -0.05) is 29.9 Å². The predicted octanol–water partition coefficient (Wildman–Crippen LogP) is 2.62. The smallest absolute Gasteiger partial charge is 0.262 e. The summed E-state index contributed by atoms with van der Waals surface area (Å²) in [5.74, 6) is 0.523. The zero-order valence-corrected chi connectivity index (χ0v) is 12.2. The van der Waals surface area contributed by atoms with Crippen LogP contribution in [0, 0.1) is 0 Å². The van der Waals surface area contributed by atoms with Crippen molar-refractivity contribution in [3.8, 4) is 0 Å². The standard InChI is InChI=1S/C13H18ClNO3S/c14-10-9-11-5-7-13(8-6-11)19(16,17)15-18-12-3-1-2-4-12/h5-8,12,15H,1-4,9-10H2. The lowest BCUT2D eigenvalue weighted by atomic mass is 10.2. The maximum Gasteiger partial charge on any atom is 0.262 e. The highest BCUT2D eigenvalue weighted by Crippen LogP contribution is 2.20. The van der Waals surface area contributed by atoms with E-state index < -0.39 is 10.0 Å². The van der Waals surface area contributed by atoms with Crippen molar-refractivity contribution in [2.75, 3.05) is 5.88 Å². The molecule has 1 saturated carbocycles. The fourth-order valence-corrected chi connectivity index (χ4v) is 3.20. The van der Waals surface area contributed by atoms with Crippen LogP contribution < -0.4 is 4.89 Å². The third-order valence-corrected chi connectivity index (χ3v) is 4.64. The highest BCUT2D eigenvalue weighted by atomic mass is 35.5. The molecule has 0 spiro atoms. The van der Waals surface area contributed by atoms with Crippen molar-refractivity contribution >= 4 is 21.6 Å². The van der Waals surface area contributed by atoms with E-state index in [1.165, 1.54) is 0 Å². The first-order valence-corrected chi connectivity index (χ1v) is 8.46. The predicted molar refractivity (Wildman–Crippen MR) is 74.5 cm³/mol. The van der Waals surface area contributed by atoms with E-state index in [1.54, 1.807) is 24.3 Å². The zero-order chi connectivity index (χ0) is 13.7. The Labute approximate surface area is 119 Å². The van der Waals surface area contributed by atoms with Crippen LogP contribution in [-0.4, -0.2) is 20.4 Å². The van der Waals surface area contributed by atoms with Gasteiger partial charge >= 0.3 is 0 Å². The van der Waals surface area contributed by atoms with Crippen molar-refractivity contribution in [3.05, 3.63) is 29.8 Å². The van der Waals surface area contributed by atoms with Crippen molar-refractivity contribution < 1.29 is 13.3 Å². The Bertz CT molecular complexity index is 495. The minimum Gasteiger partial charge on any atom is -0.284 e. The maximum atomic E-state index is 12.0. The van der Waals surface area contributed by atoms with Gasteiger partial charge in [0.05, 0.1) is 11.0 Å². The van der Waals surface area contributed by atoms with E-state index in [0.717, 1.165) is 37.7 Å². The number of aryl methyl sites for hydroxylation is 1. The van der Waals surface area contributed by atoms with Gasteiger partial charge in [0.25, 0.3) is 10.0 Å². The van der Waals surface area contributed by atoms with Gasteiger partial charge in [-0.15, -0.1) is 11.6 Å². The maximum absolute atomic E-state index is 12.0. The second kappa shape index (κ2) is 6.70. The second-order valence-corrected chi connectivity index (χ2v) is 6.72. The topological polar surface area (TPSA) is 55.4 Å².